The number of aryl methyl sites for hydroxylation is 2. The van der Waals surface area contributed by atoms with Crippen molar-refractivity contribution in [2.75, 3.05) is 39.4 Å². The van der Waals surface area contributed by atoms with Crippen LogP contribution in [0.5, 0.6) is 0 Å². The molecule has 1 amide bonds. The van der Waals surface area contributed by atoms with Crippen LogP contribution in [0.25, 0.3) is 5.00 Å². The highest BCUT2D eigenvalue weighted by Gasteiger charge is 2.16. The summed E-state index contributed by atoms with van der Waals surface area (Å²) >= 11 is 1.61. The van der Waals surface area contributed by atoms with Crippen LogP contribution >= 0.6 is 11.3 Å². The number of carbonyl (C=O) groups excluding carboxylic acids is 1. The Hall–Kier alpha value is -1.63. The standard InChI is InChI=1S/C18H25N3O2S/c1-14-4-5-15(2)21(14)18-16(6-13-24-18)17(22)19-7-3-8-20-9-11-23-12-10-20/h4-6,13H,3,7-12H2,1-2H3,(H,19,22). The van der Waals surface area contributed by atoms with Crippen LogP contribution in [0, 0.1) is 13.8 Å². The number of carbonyl (C=O) groups is 1. The van der Waals surface area contributed by atoms with Crippen molar-refractivity contribution in [3.05, 3.63) is 40.5 Å². The third-order valence-electron chi connectivity index (χ3n) is 4.40. The van der Waals surface area contributed by atoms with Crippen LogP contribution in [0.2, 0.25) is 0 Å². The van der Waals surface area contributed by atoms with E-state index in [1.165, 1.54) is 0 Å². The zero-order valence-corrected chi connectivity index (χ0v) is 15.2. The van der Waals surface area contributed by atoms with Crippen molar-refractivity contribution in [3.63, 3.8) is 0 Å². The number of amides is 1. The third kappa shape index (κ3) is 3.88. The molecule has 1 fully saturated rings. The zero-order chi connectivity index (χ0) is 16.9. The van der Waals surface area contributed by atoms with Crippen molar-refractivity contribution in [1.82, 2.24) is 14.8 Å². The number of nitrogens with zero attached hydrogens (tertiary/aromatic N) is 2. The minimum Gasteiger partial charge on any atom is -0.379 e. The number of ether oxygens (including phenoxy) is 1. The summed E-state index contributed by atoms with van der Waals surface area (Å²) in [6.07, 6.45) is 0.965. The summed E-state index contributed by atoms with van der Waals surface area (Å²) in [6, 6.07) is 6.08. The molecule has 3 heterocycles. The van der Waals surface area contributed by atoms with Crippen molar-refractivity contribution < 1.29 is 9.53 Å². The Balaban J connectivity index is 1.55. The highest BCUT2D eigenvalue weighted by atomic mass is 32.1. The molecule has 0 unspecified atom stereocenters. The van der Waals surface area contributed by atoms with E-state index in [1.807, 2.05) is 11.4 Å². The topological polar surface area (TPSA) is 46.5 Å². The van der Waals surface area contributed by atoms with Crippen LogP contribution in [-0.2, 0) is 4.74 Å². The molecule has 1 aliphatic rings. The number of rotatable bonds is 6. The number of hydrogen-bond donors (Lipinski definition) is 1. The van der Waals surface area contributed by atoms with Gasteiger partial charge in [-0.05, 0) is 50.4 Å². The SMILES string of the molecule is Cc1ccc(C)n1-c1sccc1C(=O)NCCCN1CCOCC1. The summed E-state index contributed by atoms with van der Waals surface area (Å²) in [5.74, 6) is 0.0146. The maximum Gasteiger partial charge on any atom is 0.254 e. The second kappa shape index (κ2) is 7.96. The van der Waals surface area contributed by atoms with Crippen LogP contribution in [0.3, 0.4) is 0 Å². The van der Waals surface area contributed by atoms with Crippen LogP contribution < -0.4 is 5.32 Å². The van der Waals surface area contributed by atoms with Gasteiger partial charge < -0.3 is 14.6 Å². The smallest absolute Gasteiger partial charge is 0.254 e. The van der Waals surface area contributed by atoms with Gasteiger partial charge in [0.05, 0.1) is 18.8 Å². The molecule has 1 N–H and O–H groups in total. The Morgan fingerprint density at radius 3 is 2.62 bits per heavy atom. The second-order valence-electron chi connectivity index (χ2n) is 6.15. The van der Waals surface area contributed by atoms with E-state index in [4.69, 9.17) is 4.74 Å². The Bertz CT molecular complexity index is 667. The molecule has 0 saturated carbocycles. The van der Waals surface area contributed by atoms with Crippen molar-refractivity contribution in [3.8, 4) is 5.00 Å². The van der Waals surface area contributed by atoms with Crippen molar-refractivity contribution in [2.45, 2.75) is 20.3 Å². The summed E-state index contributed by atoms with van der Waals surface area (Å²) in [6.45, 7) is 9.47. The summed E-state index contributed by atoms with van der Waals surface area (Å²) in [4.78, 5) is 14.9. The van der Waals surface area contributed by atoms with Gasteiger partial charge >= 0.3 is 0 Å². The predicted octanol–water partition coefficient (Wildman–Crippen LogP) is 2.61. The molecule has 0 radical (unpaired) electrons. The molecule has 0 spiro atoms. The molecule has 1 saturated heterocycles. The van der Waals surface area contributed by atoms with E-state index < -0.39 is 0 Å². The van der Waals surface area contributed by atoms with Crippen molar-refractivity contribution >= 4 is 17.2 Å². The number of thiophene rings is 1. The Labute approximate surface area is 147 Å². The first-order valence-electron chi connectivity index (χ1n) is 8.48. The number of nitrogens with one attached hydrogen (secondary N) is 1. The normalized spacial score (nSPS) is 15.6. The highest BCUT2D eigenvalue weighted by Crippen LogP contribution is 2.25. The highest BCUT2D eigenvalue weighted by molar-refractivity contribution is 7.13. The third-order valence-corrected chi connectivity index (χ3v) is 5.30. The van der Waals surface area contributed by atoms with E-state index in [0.29, 0.717) is 6.54 Å². The molecular weight excluding hydrogens is 322 g/mol. The molecule has 24 heavy (non-hydrogen) atoms. The van der Waals surface area contributed by atoms with Crippen LogP contribution in [0.15, 0.2) is 23.6 Å². The van der Waals surface area contributed by atoms with E-state index in [-0.39, 0.29) is 5.91 Å². The van der Waals surface area contributed by atoms with Gasteiger partial charge in [-0.1, -0.05) is 0 Å². The maximum atomic E-state index is 12.5. The second-order valence-corrected chi connectivity index (χ2v) is 7.05. The van der Waals surface area contributed by atoms with Gasteiger partial charge in [-0.15, -0.1) is 11.3 Å². The quantitative estimate of drug-likeness (QED) is 0.817. The molecule has 2 aromatic rings. The minimum absolute atomic E-state index is 0.0146. The van der Waals surface area contributed by atoms with E-state index in [0.717, 1.165) is 61.2 Å². The lowest BCUT2D eigenvalue weighted by atomic mass is 10.2. The summed E-state index contributed by atoms with van der Waals surface area (Å²) in [5.41, 5.74) is 3.06. The van der Waals surface area contributed by atoms with Crippen LogP contribution in [0.4, 0.5) is 0 Å². The van der Waals surface area contributed by atoms with E-state index in [9.17, 15) is 4.79 Å². The first-order valence-corrected chi connectivity index (χ1v) is 9.36. The average Bonchev–Trinajstić information content (AvgIpc) is 3.19. The fourth-order valence-electron chi connectivity index (χ4n) is 3.06. The van der Waals surface area contributed by atoms with E-state index in [2.05, 4.69) is 40.8 Å². The van der Waals surface area contributed by atoms with Gasteiger partial charge in [-0.2, -0.15) is 0 Å². The van der Waals surface area contributed by atoms with Gasteiger partial charge in [-0.25, -0.2) is 0 Å². The average molecular weight is 347 g/mol. The van der Waals surface area contributed by atoms with E-state index >= 15 is 0 Å². The zero-order valence-electron chi connectivity index (χ0n) is 14.4. The lowest BCUT2D eigenvalue weighted by molar-refractivity contribution is 0.0374. The summed E-state index contributed by atoms with van der Waals surface area (Å²) in [7, 11) is 0. The molecule has 3 rings (SSSR count). The lowest BCUT2D eigenvalue weighted by Gasteiger charge is -2.26. The fraction of sp³-hybridized carbons (Fsp3) is 0.500. The maximum absolute atomic E-state index is 12.5. The van der Waals surface area contributed by atoms with Gasteiger partial charge in [0.15, 0.2) is 0 Å². The van der Waals surface area contributed by atoms with Gasteiger partial charge in [0.2, 0.25) is 0 Å². The first kappa shape index (κ1) is 17.2. The predicted molar refractivity (Wildman–Crippen MR) is 97.3 cm³/mol. The molecule has 0 atom stereocenters. The molecule has 5 nitrogen and oxygen atoms in total. The number of aromatic nitrogens is 1. The Morgan fingerprint density at radius 2 is 1.92 bits per heavy atom. The van der Waals surface area contributed by atoms with Crippen LogP contribution in [-0.4, -0.2) is 54.8 Å². The van der Waals surface area contributed by atoms with Crippen molar-refractivity contribution in [2.24, 2.45) is 0 Å². The molecule has 0 aliphatic carbocycles. The molecule has 0 aromatic carbocycles. The molecule has 2 aromatic heterocycles. The summed E-state index contributed by atoms with van der Waals surface area (Å²) < 4.78 is 7.49. The van der Waals surface area contributed by atoms with Gasteiger partial charge in [0, 0.05) is 31.0 Å². The lowest BCUT2D eigenvalue weighted by Crippen LogP contribution is -2.38. The molecule has 1 aliphatic heterocycles. The molecule has 0 bridgehead atoms. The Kier molecular flexibility index (Phi) is 5.71. The first-order chi connectivity index (χ1) is 11.7. The molecule has 6 heteroatoms. The van der Waals surface area contributed by atoms with Crippen LogP contribution in [0.1, 0.15) is 28.2 Å². The summed E-state index contributed by atoms with van der Waals surface area (Å²) in [5, 5.41) is 6.05. The van der Waals surface area contributed by atoms with Gasteiger partial charge in [0.25, 0.3) is 5.91 Å². The molecule has 130 valence electrons. The fourth-order valence-corrected chi connectivity index (χ4v) is 4.07. The molecular formula is C18H25N3O2S. The number of morpholine rings is 1. The van der Waals surface area contributed by atoms with Gasteiger partial charge in [0.1, 0.15) is 5.00 Å². The largest absolute Gasteiger partial charge is 0.379 e. The number of hydrogen-bond acceptors (Lipinski definition) is 4. The minimum atomic E-state index is 0.0146. The van der Waals surface area contributed by atoms with Crippen molar-refractivity contribution in [1.29, 1.82) is 0 Å². The van der Waals surface area contributed by atoms with E-state index in [1.54, 1.807) is 11.3 Å². The Morgan fingerprint density at radius 1 is 1.21 bits per heavy atom. The monoisotopic (exact) mass is 347 g/mol. The van der Waals surface area contributed by atoms with Gasteiger partial charge in [-0.3, -0.25) is 9.69 Å².